The molecule has 0 saturated carbocycles. The quantitative estimate of drug-likeness (QED) is 0.209. The van der Waals surface area contributed by atoms with Crippen LogP contribution in [-0.2, 0) is 33.3 Å². The molecule has 0 aliphatic heterocycles. The van der Waals surface area contributed by atoms with Gasteiger partial charge >= 0.3 is 11.9 Å². The average molecular weight is 362 g/mol. The van der Waals surface area contributed by atoms with Crippen molar-refractivity contribution in [3.05, 3.63) is 12.7 Å². The van der Waals surface area contributed by atoms with E-state index in [1.807, 2.05) is 0 Å². The number of carbonyl (C=O) groups is 2. The fourth-order valence-electron chi connectivity index (χ4n) is 1.66. The monoisotopic (exact) mass is 362 g/mol. The highest BCUT2D eigenvalue weighted by Gasteiger charge is 2.04. The first-order chi connectivity index (χ1) is 12.2. The number of carboxylic acid groups (broad SMARTS) is 1. The van der Waals surface area contributed by atoms with Gasteiger partial charge in [-0.05, 0) is 12.8 Å². The molecule has 0 amide bonds. The van der Waals surface area contributed by atoms with E-state index in [1.165, 1.54) is 0 Å². The first-order valence-electron chi connectivity index (χ1n) is 8.46. The minimum Gasteiger partial charge on any atom is -0.481 e. The molecule has 0 saturated heterocycles. The molecular formula is C17H30O8. The molecule has 0 heterocycles. The molecule has 8 heteroatoms. The molecule has 25 heavy (non-hydrogen) atoms. The Kier molecular flexibility index (Phi) is 17.7. The molecule has 0 aromatic heterocycles. The molecule has 0 aliphatic rings. The normalized spacial score (nSPS) is 10.6. The van der Waals surface area contributed by atoms with Gasteiger partial charge in [0.15, 0.2) is 0 Å². The first kappa shape index (κ1) is 23.5. The Morgan fingerprint density at radius 1 is 0.760 bits per heavy atom. The van der Waals surface area contributed by atoms with E-state index in [9.17, 15) is 9.59 Å². The summed E-state index contributed by atoms with van der Waals surface area (Å²) in [7, 11) is 0. The predicted octanol–water partition coefficient (Wildman–Crippen LogP) is 1.43. The van der Waals surface area contributed by atoms with Crippen molar-refractivity contribution >= 4 is 11.9 Å². The van der Waals surface area contributed by atoms with E-state index in [0.717, 1.165) is 0 Å². The Morgan fingerprint density at radius 3 is 1.76 bits per heavy atom. The highest BCUT2D eigenvalue weighted by atomic mass is 16.6. The first-order valence-corrected chi connectivity index (χ1v) is 8.46. The van der Waals surface area contributed by atoms with Crippen molar-refractivity contribution in [2.75, 3.05) is 59.5 Å². The van der Waals surface area contributed by atoms with Crippen LogP contribution < -0.4 is 0 Å². The second-order valence-electron chi connectivity index (χ2n) is 5.02. The zero-order chi connectivity index (χ0) is 18.6. The van der Waals surface area contributed by atoms with E-state index in [2.05, 4.69) is 6.58 Å². The van der Waals surface area contributed by atoms with Crippen molar-refractivity contribution in [2.45, 2.75) is 25.7 Å². The maximum absolute atomic E-state index is 11.3. The van der Waals surface area contributed by atoms with Gasteiger partial charge in [-0.3, -0.25) is 9.59 Å². The van der Waals surface area contributed by atoms with E-state index >= 15 is 0 Å². The molecule has 0 unspecified atom stereocenters. The number of esters is 1. The summed E-state index contributed by atoms with van der Waals surface area (Å²) in [4.78, 5) is 21.6. The minimum absolute atomic E-state index is 0.0739. The van der Waals surface area contributed by atoms with E-state index in [1.54, 1.807) is 6.08 Å². The summed E-state index contributed by atoms with van der Waals surface area (Å²) < 4.78 is 26.0. The van der Waals surface area contributed by atoms with Crippen LogP contribution in [-0.4, -0.2) is 76.5 Å². The topological polar surface area (TPSA) is 101 Å². The van der Waals surface area contributed by atoms with Crippen LogP contribution in [0.3, 0.4) is 0 Å². The van der Waals surface area contributed by atoms with Crippen molar-refractivity contribution in [3.63, 3.8) is 0 Å². The Balaban J connectivity index is 3.14. The van der Waals surface area contributed by atoms with Gasteiger partial charge in [0, 0.05) is 12.8 Å². The Morgan fingerprint density at radius 2 is 1.24 bits per heavy atom. The minimum atomic E-state index is -0.854. The Labute approximate surface area is 149 Å². The highest BCUT2D eigenvalue weighted by Crippen LogP contribution is 2.01. The van der Waals surface area contributed by atoms with E-state index in [4.69, 9.17) is 28.8 Å². The fraction of sp³-hybridized carbons (Fsp3) is 0.765. The largest absolute Gasteiger partial charge is 0.481 e. The lowest BCUT2D eigenvalue weighted by Crippen LogP contribution is -2.14. The molecule has 0 radical (unpaired) electrons. The number of rotatable bonds is 19. The SMILES string of the molecule is C=CCOCCOCCOCCOCCOC(=O)CCCCC(=O)O. The Bertz CT molecular complexity index is 346. The molecule has 0 aliphatic carbocycles. The molecule has 1 N–H and O–H groups in total. The predicted molar refractivity (Wildman–Crippen MR) is 90.5 cm³/mol. The van der Waals surface area contributed by atoms with Gasteiger partial charge in [-0.15, -0.1) is 6.58 Å². The summed E-state index contributed by atoms with van der Waals surface area (Å²) >= 11 is 0. The van der Waals surface area contributed by atoms with Gasteiger partial charge in [-0.25, -0.2) is 0 Å². The van der Waals surface area contributed by atoms with Crippen molar-refractivity contribution in [3.8, 4) is 0 Å². The number of carboxylic acids is 1. The number of hydrogen-bond donors (Lipinski definition) is 1. The summed E-state index contributed by atoms with van der Waals surface area (Å²) in [6.07, 6.45) is 2.98. The number of unbranched alkanes of at least 4 members (excludes halogenated alkanes) is 1. The second-order valence-corrected chi connectivity index (χ2v) is 5.02. The van der Waals surface area contributed by atoms with Gasteiger partial charge in [-0.1, -0.05) is 6.08 Å². The van der Waals surface area contributed by atoms with Gasteiger partial charge in [-0.2, -0.15) is 0 Å². The molecule has 146 valence electrons. The van der Waals surface area contributed by atoms with Gasteiger partial charge in [0.05, 0.1) is 52.9 Å². The molecule has 0 atom stereocenters. The van der Waals surface area contributed by atoms with Crippen molar-refractivity contribution in [1.29, 1.82) is 0 Å². The summed E-state index contributed by atoms with van der Waals surface area (Å²) in [6, 6.07) is 0. The molecule has 0 rings (SSSR count). The third kappa shape index (κ3) is 20.5. The molecule has 0 aromatic rings. The van der Waals surface area contributed by atoms with E-state index < -0.39 is 5.97 Å². The fourth-order valence-corrected chi connectivity index (χ4v) is 1.66. The molecular weight excluding hydrogens is 332 g/mol. The molecule has 0 bridgehead atoms. The zero-order valence-electron chi connectivity index (χ0n) is 14.8. The number of carbonyl (C=O) groups excluding carboxylic acids is 1. The van der Waals surface area contributed by atoms with Crippen molar-refractivity contribution in [2.24, 2.45) is 0 Å². The van der Waals surface area contributed by atoms with Crippen LogP contribution in [0.5, 0.6) is 0 Å². The number of ether oxygens (including phenoxy) is 5. The smallest absolute Gasteiger partial charge is 0.305 e. The number of aliphatic carboxylic acids is 1. The van der Waals surface area contributed by atoms with E-state index in [-0.39, 0.29) is 25.4 Å². The van der Waals surface area contributed by atoms with Gasteiger partial charge < -0.3 is 28.8 Å². The summed E-state index contributed by atoms with van der Waals surface area (Å²) in [5.74, 6) is -1.19. The maximum atomic E-state index is 11.3. The van der Waals surface area contributed by atoms with Gasteiger partial charge in [0.2, 0.25) is 0 Å². The van der Waals surface area contributed by atoms with Crippen LogP contribution >= 0.6 is 0 Å². The lowest BCUT2D eigenvalue weighted by atomic mass is 10.2. The van der Waals surface area contributed by atoms with Crippen molar-refractivity contribution < 1.29 is 38.4 Å². The molecule has 0 spiro atoms. The summed E-state index contributed by atoms with van der Waals surface area (Å²) in [6.45, 7) is 7.46. The number of hydrogen-bond acceptors (Lipinski definition) is 7. The van der Waals surface area contributed by atoms with Crippen LogP contribution in [0, 0.1) is 0 Å². The van der Waals surface area contributed by atoms with Crippen molar-refractivity contribution in [1.82, 2.24) is 0 Å². The zero-order valence-corrected chi connectivity index (χ0v) is 14.8. The molecule has 8 nitrogen and oxygen atoms in total. The van der Waals surface area contributed by atoms with Gasteiger partial charge in [0.25, 0.3) is 0 Å². The van der Waals surface area contributed by atoms with Crippen LogP contribution in [0.25, 0.3) is 0 Å². The van der Waals surface area contributed by atoms with Crippen LogP contribution in [0.1, 0.15) is 25.7 Å². The third-order valence-corrected chi connectivity index (χ3v) is 2.86. The second kappa shape index (κ2) is 18.9. The maximum Gasteiger partial charge on any atom is 0.305 e. The van der Waals surface area contributed by atoms with Crippen LogP contribution in [0.15, 0.2) is 12.7 Å². The van der Waals surface area contributed by atoms with E-state index in [0.29, 0.717) is 65.7 Å². The average Bonchev–Trinajstić information content (AvgIpc) is 2.59. The standard InChI is InChI=1S/C17H30O8/c1-2-7-21-8-9-22-10-11-23-12-13-24-14-15-25-17(20)6-4-3-5-16(18)19/h2H,1,3-15H2,(H,18,19). The molecule has 0 aromatic carbocycles. The highest BCUT2D eigenvalue weighted by molar-refractivity contribution is 5.69. The summed E-state index contributed by atoms with van der Waals surface area (Å²) in [5.41, 5.74) is 0. The summed E-state index contributed by atoms with van der Waals surface area (Å²) in [5, 5.41) is 8.47. The lowest BCUT2D eigenvalue weighted by molar-refractivity contribution is -0.146. The van der Waals surface area contributed by atoms with Crippen LogP contribution in [0.4, 0.5) is 0 Å². The van der Waals surface area contributed by atoms with Crippen LogP contribution in [0.2, 0.25) is 0 Å². The Hall–Kier alpha value is -1.48. The molecule has 0 fully saturated rings. The lowest BCUT2D eigenvalue weighted by Gasteiger charge is -2.07. The third-order valence-electron chi connectivity index (χ3n) is 2.86. The van der Waals surface area contributed by atoms with Gasteiger partial charge in [0.1, 0.15) is 6.61 Å².